The summed E-state index contributed by atoms with van der Waals surface area (Å²) in [5, 5.41) is 17.4. The Morgan fingerprint density at radius 1 is 0.917 bits per heavy atom. The quantitative estimate of drug-likeness (QED) is 0.751. The first-order valence-electron chi connectivity index (χ1n) is 9.47. The van der Waals surface area contributed by atoms with E-state index in [1.807, 2.05) is 12.1 Å². The van der Waals surface area contributed by atoms with Crippen molar-refractivity contribution in [3.63, 3.8) is 0 Å². The zero-order valence-electron chi connectivity index (χ0n) is 14.7. The van der Waals surface area contributed by atoms with Crippen LogP contribution in [0.5, 0.6) is 5.75 Å². The van der Waals surface area contributed by atoms with Gasteiger partial charge >= 0.3 is 0 Å². The summed E-state index contributed by atoms with van der Waals surface area (Å²) in [6.07, 6.45) is 3.30. The molecule has 1 aromatic carbocycles. The first-order chi connectivity index (χ1) is 11.8. The van der Waals surface area contributed by atoms with Crippen molar-refractivity contribution >= 4 is 0 Å². The third kappa shape index (κ3) is 5.18. The molecule has 2 fully saturated rings. The summed E-state index contributed by atoms with van der Waals surface area (Å²) in [4.78, 5) is 5.22. The van der Waals surface area contributed by atoms with Crippen LogP contribution in [0.25, 0.3) is 0 Å². The second kappa shape index (κ2) is 9.37. The minimum absolute atomic E-state index is 0.434. The number of nitrogens with one attached hydrogen (secondary N) is 2. The van der Waals surface area contributed by atoms with E-state index in [9.17, 15) is 5.11 Å². The number of aromatic hydroxyl groups is 1. The van der Waals surface area contributed by atoms with Gasteiger partial charge < -0.3 is 20.6 Å². The van der Waals surface area contributed by atoms with Gasteiger partial charge in [-0.2, -0.15) is 0 Å². The highest BCUT2D eigenvalue weighted by Gasteiger charge is 2.22. The van der Waals surface area contributed by atoms with E-state index in [1.165, 1.54) is 13.0 Å². The molecular weight excluding hydrogens is 300 g/mol. The first kappa shape index (κ1) is 17.7. The molecule has 0 aliphatic carbocycles. The van der Waals surface area contributed by atoms with Crippen molar-refractivity contribution in [2.45, 2.75) is 25.3 Å². The summed E-state index contributed by atoms with van der Waals surface area (Å²) in [6.45, 7) is 10.0. The zero-order chi connectivity index (χ0) is 16.6. The highest BCUT2D eigenvalue weighted by molar-refractivity contribution is 5.32. The van der Waals surface area contributed by atoms with Crippen LogP contribution in [-0.4, -0.2) is 79.9 Å². The molecule has 3 atom stereocenters. The maximum Gasteiger partial charge on any atom is 0.118 e. The Morgan fingerprint density at radius 3 is 2.67 bits per heavy atom. The second-order valence-corrected chi connectivity index (χ2v) is 7.01. The van der Waals surface area contributed by atoms with Crippen molar-refractivity contribution in [3.8, 4) is 5.75 Å². The van der Waals surface area contributed by atoms with Gasteiger partial charge in [-0.1, -0.05) is 18.2 Å². The Hall–Kier alpha value is -1.14. The van der Waals surface area contributed by atoms with Crippen LogP contribution in [0, 0.1) is 0 Å². The van der Waals surface area contributed by atoms with Gasteiger partial charge in [-0.15, -0.1) is 0 Å². The molecule has 2 bridgehead atoms. The van der Waals surface area contributed by atoms with Gasteiger partial charge in [-0.3, -0.25) is 4.90 Å². The van der Waals surface area contributed by atoms with Crippen LogP contribution in [0.3, 0.4) is 0 Å². The summed E-state index contributed by atoms with van der Waals surface area (Å²) in [5.41, 5.74) is 1.07. The van der Waals surface area contributed by atoms with E-state index in [0.717, 1.165) is 70.8 Å². The van der Waals surface area contributed by atoms with Gasteiger partial charge in [-0.05, 0) is 50.5 Å². The maximum absolute atomic E-state index is 10.2. The number of nitrogens with zero attached hydrogens (tertiary/aromatic N) is 2. The van der Waals surface area contributed by atoms with Crippen molar-refractivity contribution in [3.05, 3.63) is 29.8 Å². The van der Waals surface area contributed by atoms with E-state index in [1.54, 1.807) is 6.07 Å². The lowest BCUT2D eigenvalue weighted by molar-refractivity contribution is 0.138. The Bertz CT molecular complexity index is 494. The second-order valence-electron chi connectivity index (χ2n) is 7.01. The minimum Gasteiger partial charge on any atom is -0.508 e. The molecule has 2 aliphatic rings. The minimum atomic E-state index is 0.434. The number of hydrogen-bond donors (Lipinski definition) is 3. The highest BCUT2D eigenvalue weighted by Crippen LogP contribution is 2.21. The molecule has 0 amide bonds. The molecule has 0 spiro atoms. The summed E-state index contributed by atoms with van der Waals surface area (Å²) < 4.78 is 0. The molecule has 24 heavy (non-hydrogen) atoms. The van der Waals surface area contributed by atoms with Crippen molar-refractivity contribution in [1.29, 1.82) is 0 Å². The van der Waals surface area contributed by atoms with Crippen molar-refractivity contribution < 1.29 is 5.11 Å². The van der Waals surface area contributed by atoms with Crippen LogP contribution in [0.4, 0.5) is 0 Å². The lowest BCUT2D eigenvalue weighted by Gasteiger charge is -2.36. The number of benzene rings is 1. The average molecular weight is 332 g/mol. The zero-order valence-corrected chi connectivity index (χ0v) is 14.7. The smallest absolute Gasteiger partial charge is 0.118 e. The van der Waals surface area contributed by atoms with Crippen LogP contribution in [-0.2, 0) is 6.42 Å². The van der Waals surface area contributed by atoms with E-state index in [-0.39, 0.29) is 0 Å². The van der Waals surface area contributed by atoms with Crippen LogP contribution in [0.2, 0.25) is 0 Å². The SMILES string of the molecule is Oc1ccccc1CC1CCNCCN2CCCNCCN1CC2. The van der Waals surface area contributed by atoms with Crippen molar-refractivity contribution in [1.82, 2.24) is 20.4 Å². The monoisotopic (exact) mass is 332 g/mol. The molecule has 5 heteroatoms. The van der Waals surface area contributed by atoms with Gasteiger partial charge in [0.05, 0.1) is 0 Å². The van der Waals surface area contributed by atoms with Crippen LogP contribution in [0.1, 0.15) is 18.4 Å². The van der Waals surface area contributed by atoms with Gasteiger partial charge in [0, 0.05) is 45.3 Å². The normalized spacial score (nSPS) is 29.9. The lowest BCUT2D eigenvalue weighted by Crippen LogP contribution is -2.49. The molecule has 5 nitrogen and oxygen atoms in total. The predicted octanol–water partition coefficient (Wildman–Crippen LogP) is 0.894. The van der Waals surface area contributed by atoms with Gasteiger partial charge in [0.2, 0.25) is 0 Å². The van der Waals surface area contributed by atoms with E-state index in [0.29, 0.717) is 11.8 Å². The molecule has 2 aliphatic heterocycles. The summed E-state index contributed by atoms with van der Waals surface area (Å²) >= 11 is 0. The van der Waals surface area contributed by atoms with Gasteiger partial charge in [0.1, 0.15) is 5.75 Å². The highest BCUT2D eigenvalue weighted by atomic mass is 16.3. The molecular formula is C19H32N4O. The molecule has 2 heterocycles. The third-order valence-electron chi connectivity index (χ3n) is 5.33. The Morgan fingerprint density at radius 2 is 1.75 bits per heavy atom. The molecule has 0 saturated carbocycles. The maximum atomic E-state index is 10.2. The number of fused-ring (bicyclic) bond motifs is 3. The molecule has 3 unspecified atom stereocenters. The number of rotatable bonds is 2. The predicted molar refractivity (Wildman–Crippen MR) is 98.6 cm³/mol. The molecule has 1 aromatic rings. The van der Waals surface area contributed by atoms with Gasteiger partial charge in [-0.25, -0.2) is 0 Å². The van der Waals surface area contributed by atoms with Crippen LogP contribution >= 0.6 is 0 Å². The molecule has 3 N–H and O–H groups in total. The molecule has 2 saturated heterocycles. The number of para-hydroxylation sites is 1. The van der Waals surface area contributed by atoms with Crippen molar-refractivity contribution in [2.75, 3.05) is 58.9 Å². The van der Waals surface area contributed by atoms with E-state index < -0.39 is 0 Å². The van der Waals surface area contributed by atoms with E-state index in [4.69, 9.17) is 0 Å². The fourth-order valence-electron chi connectivity index (χ4n) is 3.84. The summed E-state index contributed by atoms with van der Waals surface area (Å²) in [7, 11) is 0. The van der Waals surface area contributed by atoms with Crippen molar-refractivity contribution in [2.24, 2.45) is 0 Å². The summed E-state index contributed by atoms with van der Waals surface area (Å²) in [5.74, 6) is 0.434. The summed E-state index contributed by atoms with van der Waals surface area (Å²) in [6, 6.07) is 8.28. The van der Waals surface area contributed by atoms with Crippen LogP contribution in [0.15, 0.2) is 24.3 Å². The first-order valence-corrected chi connectivity index (χ1v) is 9.47. The molecule has 0 radical (unpaired) electrons. The number of hydrogen-bond acceptors (Lipinski definition) is 5. The number of phenols is 1. The largest absolute Gasteiger partial charge is 0.508 e. The fourth-order valence-corrected chi connectivity index (χ4v) is 3.84. The molecule has 0 aromatic heterocycles. The van der Waals surface area contributed by atoms with Gasteiger partial charge in [0.15, 0.2) is 0 Å². The fraction of sp³-hybridized carbons (Fsp3) is 0.684. The standard InChI is InChI=1S/C19H32N4O/c24-19-5-2-1-4-17(19)16-18-6-8-21-9-12-22-11-3-7-20-10-13-23(18)15-14-22/h1-2,4-5,18,20-21,24H,3,6-16H2. The molecule has 3 rings (SSSR count). The lowest BCUT2D eigenvalue weighted by atomic mass is 10.00. The molecule has 134 valence electrons. The average Bonchev–Trinajstić information content (AvgIpc) is 2.61. The van der Waals surface area contributed by atoms with E-state index in [2.05, 4.69) is 26.5 Å². The van der Waals surface area contributed by atoms with Crippen LogP contribution < -0.4 is 10.6 Å². The Balaban J connectivity index is 1.73. The Labute approximate surface area is 146 Å². The third-order valence-corrected chi connectivity index (χ3v) is 5.33. The van der Waals surface area contributed by atoms with E-state index >= 15 is 0 Å². The van der Waals surface area contributed by atoms with Gasteiger partial charge in [0.25, 0.3) is 0 Å². The number of phenolic OH excluding ortho intramolecular Hbond substituents is 1. The Kier molecular flexibility index (Phi) is 6.90. The topological polar surface area (TPSA) is 50.8 Å².